The number of carbonyl (C=O) groups is 2. The fourth-order valence-corrected chi connectivity index (χ4v) is 3.45. The Kier molecular flexibility index (Phi) is 7.78. The lowest BCUT2D eigenvalue weighted by Crippen LogP contribution is -2.24. The molecule has 0 bridgehead atoms. The number of aryl methyl sites for hydroxylation is 1. The number of hydrogen-bond donors (Lipinski definition) is 2. The standard InChI is InChI=1S/C26H23F4NO4/c1-3-10-35-23-9-6-16(21-12-17(25(33)34)5-4-15(21)2)11-18(23)14-31-24(32)20-8-7-19(13-22(20)27)26(28,29)30/h4-9,11-13H,3,10,14H2,1-2H3,(H,31,32)(H,33,34). The Morgan fingerprint density at radius 2 is 1.77 bits per heavy atom. The molecule has 35 heavy (non-hydrogen) atoms. The van der Waals surface area contributed by atoms with Gasteiger partial charge in [0, 0.05) is 12.1 Å². The van der Waals surface area contributed by atoms with Crippen molar-refractivity contribution in [2.75, 3.05) is 6.61 Å². The molecule has 0 aromatic heterocycles. The van der Waals surface area contributed by atoms with Crippen LogP contribution in [0.1, 0.15) is 50.8 Å². The van der Waals surface area contributed by atoms with E-state index in [9.17, 15) is 32.3 Å². The SMILES string of the molecule is CCCOc1ccc(-c2cc(C(=O)O)ccc2C)cc1CNC(=O)c1ccc(C(F)(F)F)cc1F. The van der Waals surface area contributed by atoms with E-state index in [1.807, 2.05) is 13.8 Å². The van der Waals surface area contributed by atoms with Crippen molar-refractivity contribution in [1.82, 2.24) is 5.32 Å². The molecule has 2 N–H and O–H groups in total. The fraction of sp³-hybridized carbons (Fsp3) is 0.231. The Morgan fingerprint density at radius 3 is 2.40 bits per heavy atom. The van der Waals surface area contributed by atoms with Crippen molar-refractivity contribution in [3.05, 3.63) is 88.2 Å². The lowest BCUT2D eigenvalue weighted by atomic mass is 9.96. The number of aromatic carboxylic acids is 1. The van der Waals surface area contributed by atoms with Crippen LogP contribution < -0.4 is 10.1 Å². The first-order valence-corrected chi connectivity index (χ1v) is 10.8. The quantitative estimate of drug-likeness (QED) is 0.368. The molecule has 0 heterocycles. The van der Waals surface area contributed by atoms with E-state index in [1.165, 1.54) is 6.07 Å². The normalized spacial score (nSPS) is 11.3. The summed E-state index contributed by atoms with van der Waals surface area (Å²) in [5.74, 6) is -2.77. The predicted octanol–water partition coefficient (Wildman–Crippen LogP) is 6.24. The largest absolute Gasteiger partial charge is 0.493 e. The van der Waals surface area contributed by atoms with E-state index in [1.54, 1.807) is 30.3 Å². The van der Waals surface area contributed by atoms with E-state index < -0.39 is 35.0 Å². The van der Waals surface area contributed by atoms with Crippen molar-refractivity contribution in [1.29, 1.82) is 0 Å². The van der Waals surface area contributed by atoms with Gasteiger partial charge in [-0.1, -0.05) is 19.1 Å². The molecule has 3 aromatic rings. The Balaban J connectivity index is 1.90. The Morgan fingerprint density at radius 1 is 1.03 bits per heavy atom. The van der Waals surface area contributed by atoms with Crippen molar-refractivity contribution < 1.29 is 37.0 Å². The molecule has 0 fully saturated rings. The summed E-state index contributed by atoms with van der Waals surface area (Å²) in [6.45, 7) is 4.06. The summed E-state index contributed by atoms with van der Waals surface area (Å²) in [6, 6.07) is 11.6. The van der Waals surface area contributed by atoms with Crippen molar-refractivity contribution in [3.63, 3.8) is 0 Å². The van der Waals surface area contributed by atoms with Gasteiger partial charge in [0.15, 0.2) is 0 Å². The van der Waals surface area contributed by atoms with Gasteiger partial charge in [0.25, 0.3) is 5.91 Å². The molecular weight excluding hydrogens is 466 g/mol. The van der Waals surface area contributed by atoms with Crippen LogP contribution in [0.3, 0.4) is 0 Å². The highest BCUT2D eigenvalue weighted by Gasteiger charge is 2.31. The second kappa shape index (κ2) is 10.6. The zero-order valence-corrected chi connectivity index (χ0v) is 19.0. The molecule has 184 valence electrons. The minimum Gasteiger partial charge on any atom is -0.493 e. The topological polar surface area (TPSA) is 75.6 Å². The van der Waals surface area contributed by atoms with Crippen molar-refractivity contribution in [2.45, 2.75) is 33.0 Å². The van der Waals surface area contributed by atoms with Crippen LogP contribution in [-0.4, -0.2) is 23.6 Å². The number of benzene rings is 3. The third-order valence-electron chi connectivity index (χ3n) is 5.30. The number of carbonyl (C=O) groups excluding carboxylic acids is 1. The second-order valence-corrected chi connectivity index (χ2v) is 7.88. The summed E-state index contributed by atoms with van der Waals surface area (Å²) < 4.78 is 58.3. The third kappa shape index (κ3) is 6.17. The molecule has 3 aromatic carbocycles. The summed E-state index contributed by atoms with van der Waals surface area (Å²) in [4.78, 5) is 23.9. The minimum atomic E-state index is -4.72. The van der Waals surface area contributed by atoms with E-state index in [0.717, 1.165) is 18.1 Å². The fourth-order valence-electron chi connectivity index (χ4n) is 3.45. The van der Waals surface area contributed by atoms with Crippen molar-refractivity contribution in [3.8, 4) is 16.9 Å². The summed E-state index contributed by atoms with van der Waals surface area (Å²) in [6.07, 6.45) is -4.00. The molecule has 0 aliphatic carbocycles. The summed E-state index contributed by atoms with van der Waals surface area (Å²) in [5, 5.41) is 11.8. The number of hydrogen-bond acceptors (Lipinski definition) is 3. The molecule has 0 saturated carbocycles. The van der Waals surface area contributed by atoms with Crippen LogP contribution in [-0.2, 0) is 12.7 Å². The molecule has 0 spiro atoms. The first kappa shape index (κ1) is 25.7. The summed E-state index contributed by atoms with van der Waals surface area (Å²) in [5.41, 5.74) is 1.14. The zero-order chi connectivity index (χ0) is 25.8. The van der Waals surface area contributed by atoms with Crippen molar-refractivity contribution in [2.24, 2.45) is 0 Å². The second-order valence-electron chi connectivity index (χ2n) is 7.88. The Bertz CT molecular complexity index is 1250. The van der Waals surface area contributed by atoms with Gasteiger partial charge >= 0.3 is 12.1 Å². The molecule has 0 saturated heterocycles. The van der Waals surface area contributed by atoms with Crippen LogP contribution in [0.2, 0.25) is 0 Å². The third-order valence-corrected chi connectivity index (χ3v) is 5.30. The molecule has 9 heteroatoms. The number of carboxylic acid groups (broad SMARTS) is 1. The predicted molar refractivity (Wildman–Crippen MR) is 122 cm³/mol. The number of carboxylic acids is 1. The maximum atomic E-state index is 14.2. The molecule has 0 radical (unpaired) electrons. The Hall–Kier alpha value is -3.88. The summed E-state index contributed by atoms with van der Waals surface area (Å²) >= 11 is 0. The lowest BCUT2D eigenvalue weighted by molar-refractivity contribution is -0.137. The maximum Gasteiger partial charge on any atom is 0.416 e. The molecule has 5 nitrogen and oxygen atoms in total. The zero-order valence-electron chi connectivity index (χ0n) is 19.0. The van der Waals surface area contributed by atoms with Crippen LogP contribution in [0.4, 0.5) is 17.6 Å². The maximum absolute atomic E-state index is 14.2. The van der Waals surface area contributed by atoms with Gasteiger partial charge in [0.2, 0.25) is 0 Å². The molecular formula is C26H23F4NO4. The molecule has 0 aliphatic rings. The van der Waals surface area contributed by atoms with Crippen LogP contribution in [0.15, 0.2) is 54.6 Å². The van der Waals surface area contributed by atoms with Crippen LogP contribution in [0, 0.1) is 12.7 Å². The number of alkyl halides is 3. The number of amides is 1. The van der Waals surface area contributed by atoms with Gasteiger partial charge in [0.1, 0.15) is 11.6 Å². The van der Waals surface area contributed by atoms with E-state index in [0.29, 0.717) is 35.1 Å². The molecule has 1 amide bonds. The first-order valence-electron chi connectivity index (χ1n) is 10.8. The highest BCUT2D eigenvalue weighted by Crippen LogP contribution is 2.31. The summed E-state index contributed by atoms with van der Waals surface area (Å²) in [7, 11) is 0. The smallest absolute Gasteiger partial charge is 0.416 e. The molecule has 0 unspecified atom stereocenters. The number of ether oxygens (including phenoxy) is 1. The van der Waals surface area contributed by atoms with Gasteiger partial charge in [-0.15, -0.1) is 0 Å². The van der Waals surface area contributed by atoms with Crippen LogP contribution >= 0.6 is 0 Å². The van der Waals surface area contributed by atoms with Gasteiger partial charge in [-0.2, -0.15) is 13.2 Å². The average Bonchev–Trinajstić information content (AvgIpc) is 2.81. The minimum absolute atomic E-state index is 0.0934. The number of nitrogens with one attached hydrogen (secondary N) is 1. The highest BCUT2D eigenvalue weighted by atomic mass is 19.4. The number of halogens is 4. The Labute approximate surface area is 199 Å². The van der Waals surface area contributed by atoms with Crippen LogP contribution in [0.25, 0.3) is 11.1 Å². The van der Waals surface area contributed by atoms with E-state index in [2.05, 4.69) is 5.32 Å². The van der Waals surface area contributed by atoms with Gasteiger partial charge in [-0.05, 0) is 72.5 Å². The van der Waals surface area contributed by atoms with Gasteiger partial charge in [-0.25, -0.2) is 9.18 Å². The van der Waals surface area contributed by atoms with Crippen LogP contribution in [0.5, 0.6) is 5.75 Å². The molecule has 3 rings (SSSR count). The highest BCUT2D eigenvalue weighted by molar-refractivity contribution is 5.94. The monoisotopic (exact) mass is 489 g/mol. The van der Waals surface area contributed by atoms with Gasteiger partial charge in [0.05, 0.1) is 23.3 Å². The van der Waals surface area contributed by atoms with Gasteiger partial charge < -0.3 is 15.2 Å². The number of rotatable bonds is 8. The average molecular weight is 489 g/mol. The van der Waals surface area contributed by atoms with E-state index in [-0.39, 0.29) is 18.2 Å². The lowest BCUT2D eigenvalue weighted by Gasteiger charge is -2.15. The van der Waals surface area contributed by atoms with E-state index >= 15 is 0 Å². The molecule has 0 atom stereocenters. The molecule has 0 aliphatic heterocycles. The van der Waals surface area contributed by atoms with E-state index in [4.69, 9.17) is 4.74 Å². The van der Waals surface area contributed by atoms with Gasteiger partial charge in [-0.3, -0.25) is 4.79 Å². The van der Waals surface area contributed by atoms with Crippen molar-refractivity contribution >= 4 is 11.9 Å². The first-order chi connectivity index (χ1) is 16.5.